The molecule has 1 aromatic rings. The highest BCUT2D eigenvalue weighted by Crippen LogP contribution is 2.39. The smallest absolute Gasteiger partial charge is 0.163 e. The summed E-state index contributed by atoms with van der Waals surface area (Å²) in [6, 6.07) is 1.92. The van der Waals surface area contributed by atoms with Crippen LogP contribution in [0.25, 0.3) is 5.57 Å². The summed E-state index contributed by atoms with van der Waals surface area (Å²) in [5, 5.41) is 0. The fourth-order valence-corrected chi connectivity index (χ4v) is 2.42. The Hall–Kier alpha value is -1.57. The third kappa shape index (κ3) is 2.41. The van der Waals surface area contributed by atoms with Crippen molar-refractivity contribution in [2.75, 3.05) is 0 Å². The van der Waals surface area contributed by atoms with Crippen molar-refractivity contribution in [2.24, 2.45) is 11.8 Å². The molecule has 1 aromatic heterocycles. The van der Waals surface area contributed by atoms with Gasteiger partial charge in [0.2, 0.25) is 0 Å². The van der Waals surface area contributed by atoms with E-state index in [9.17, 15) is 4.79 Å². The van der Waals surface area contributed by atoms with Gasteiger partial charge in [-0.2, -0.15) is 0 Å². The molecule has 2 unspecified atom stereocenters. The highest BCUT2D eigenvalue weighted by Gasteiger charge is 2.32. The monoisotopic (exact) mass is 230 g/mol. The molecule has 90 valence electrons. The fourth-order valence-electron chi connectivity index (χ4n) is 2.42. The minimum Gasteiger partial charge on any atom is -0.472 e. The molecule has 0 amide bonds. The van der Waals surface area contributed by atoms with E-state index in [1.165, 1.54) is 0 Å². The number of hydrogen-bond donors (Lipinski definition) is 0. The quantitative estimate of drug-likeness (QED) is 0.738. The van der Waals surface area contributed by atoms with Crippen LogP contribution in [0.5, 0.6) is 0 Å². The summed E-state index contributed by atoms with van der Waals surface area (Å²) in [4.78, 5) is 12.2. The Morgan fingerprint density at radius 2 is 2.24 bits per heavy atom. The minimum absolute atomic E-state index is 0.0116. The van der Waals surface area contributed by atoms with Crippen LogP contribution in [0.3, 0.4) is 0 Å². The zero-order valence-electron chi connectivity index (χ0n) is 10.6. The average molecular weight is 230 g/mol. The summed E-state index contributed by atoms with van der Waals surface area (Å²) in [5.74, 6) is 0.577. The largest absolute Gasteiger partial charge is 0.472 e. The first-order chi connectivity index (χ1) is 8.09. The lowest BCUT2D eigenvalue weighted by atomic mass is 9.85. The summed E-state index contributed by atoms with van der Waals surface area (Å²) in [7, 11) is 0. The molecule has 0 radical (unpaired) electrons. The van der Waals surface area contributed by atoms with E-state index in [1.54, 1.807) is 18.6 Å². The van der Waals surface area contributed by atoms with Gasteiger partial charge in [-0.25, -0.2) is 0 Å². The maximum atomic E-state index is 12.2. The number of carbonyl (C=O) groups excluding carboxylic acids is 1. The summed E-state index contributed by atoms with van der Waals surface area (Å²) < 4.78 is 5.10. The van der Waals surface area contributed by atoms with E-state index < -0.39 is 0 Å². The molecular weight excluding hydrogens is 212 g/mol. The minimum atomic E-state index is -0.0116. The van der Waals surface area contributed by atoms with Crippen LogP contribution in [0.4, 0.5) is 0 Å². The average Bonchev–Trinajstić information content (AvgIpc) is 2.84. The Labute approximate surface area is 102 Å². The molecule has 2 heteroatoms. The molecule has 17 heavy (non-hydrogen) atoms. The molecule has 0 bridgehead atoms. The van der Waals surface area contributed by atoms with Gasteiger partial charge in [-0.3, -0.25) is 4.79 Å². The van der Waals surface area contributed by atoms with Gasteiger partial charge in [0.05, 0.1) is 12.5 Å². The Bertz CT molecular complexity index is 459. The first kappa shape index (κ1) is 11.9. The molecular formula is C15H18O2. The number of hydrogen-bond acceptors (Lipinski definition) is 2. The zero-order chi connectivity index (χ0) is 12.4. The van der Waals surface area contributed by atoms with E-state index in [4.69, 9.17) is 4.42 Å². The van der Waals surface area contributed by atoms with E-state index in [0.717, 1.165) is 23.1 Å². The van der Waals surface area contributed by atoms with Crippen molar-refractivity contribution in [1.29, 1.82) is 0 Å². The van der Waals surface area contributed by atoms with Gasteiger partial charge >= 0.3 is 0 Å². The predicted octanol–water partition coefficient (Wildman–Crippen LogP) is 3.85. The number of allylic oxidation sites excluding steroid dienone is 4. The Morgan fingerprint density at radius 3 is 2.82 bits per heavy atom. The van der Waals surface area contributed by atoms with Crippen LogP contribution in [-0.2, 0) is 4.79 Å². The second-order valence-corrected chi connectivity index (χ2v) is 4.99. The van der Waals surface area contributed by atoms with Gasteiger partial charge in [0, 0.05) is 11.5 Å². The summed E-state index contributed by atoms with van der Waals surface area (Å²) in [6.45, 7) is 6.04. The zero-order valence-corrected chi connectivity index (χ0v) is 10.6. The number of furan rings is 1. The van der Waals surface area contributed by atoms with Crippen LogP contribution in [-0.4, -0.2) is 5.78 Å². The van der Waals surface area contributed by atoms with Crippen molar-refractivity contribution < 1.29 is 9.21 Å². The molecule has 0 N–H and O–H groups in total. The van der Waals surface area contributed by atoms with Gasteiger partial charge in [0.25, 0.3) is 0 Å². The van der Waals surface area contributed by atoms with E-state index >= 15 is 0 Å². The second-order valence-electron chi connectivity index (χ2n) is 4.99. The maximum Gasteiger partial charge on any atom is 0.163 e. The van der Waals surface area contributed by atoms with Crippen molar-refractivity contribution >= 4 is 11.4 Å². The molecule has 0 aliphatic heterocycles. The molecule has 1 aliphatic rings. The fraction of sp³-hybridized carbons (Fsp3) is 0.400. The second kappa shape index (κ2) is 4.74. The summed E-state index contributed by atoms with van der Waals surface area (Å²) in [6.07, 6.45) is 8.25. The molecule has 2 atom stereocenters. The normalized spacial score (nSPS) is 23.4. The lowest BCUT2D eigenvalue weighted by molar-refractivity contribution is -0.117. The van der Waals surface area contributed by atoms with E-state index in [0.29, 0.717) is 5.92 Å². The maximum absolute atomic E-state index is 12.2. The van der Waals surface area contributed by atoms with E-state index in [-0.39, 0.29) is 11.7 Å². The topological polar surface area (TPSA) is 30.2 Å². The van der Waals surface area contributed by atoms with Gasteiger partial charge < -0.3 is 4.42 Å². The van der Waals surface area contributed by atoms with Crippen LogP contribution in [0, 0.1) is 11.8 Å². The molecule has 1 heterocycles. The van der Waals surface area contributed by atoms with Gasteiger partial charge in [-0.1, -0.05) is 18.6 Å². The van der Waals surface area contributed by atoms with E-state index in [1.807, 2.05) is 19.9 Å². The van der Waals surface area contributed by atoms with Gasteiger partial charge in [-0.15, -0.1) is 0 Å². The van der Waals surface area contributed by atoms with Crippen LogP contribution >= 0.6 is 0 Å². The standard InChI is InChI=1S/C15H18O2/c1-10(2)8-14(16)15-11(3)4-5-13(15)12-6-7-17-9-12/h5-9,11,15H,4H2,1-3H3. The molecule has 0 saturated carbocycles. The van der Waals surface area contributed by atoms with Crippen molar-refractivity contribution in [3.8, 4) is 0 Å². The predicted molar refractivity (Wildman–Crippen MR) is 68.4 cm³/mol. The Morgan fingerprint density at radius 1 is 1.47 bits per heavy atom. The van der Waals surface area contributed by atoms with Crippen LogP contribution < -0.4 is 0 Å². The van der Waals surface area contributed by atoms with Crippen LogP contribution in [0.2, 0.25) is 0 Å². The lowest BCUT2D eigenvalue weighted by Gasteiger charge is -2.16. The summed E-state index contributed by atoms with van der Waals surface area (Å²) >= 11 is 0. The summed E-state index contributed by atoms with van der Waals surface area (Å²) in [5.41, 5.74) is 3.21. The first-order valence-corrected chi connectivity index (χ1v) is 6.01. The lowest BCUT2D eigenvalue weighted by Crippen LogP contribution is -2.17. The highest BCUT2D eigenvalue weighted by atomic mass is 16.3. The molecule has 0 aromatic carbocycles. The van der Waals surface area contributed by atoms with Crippen molar-refractivity contribution in [1.82, 2.24) is 0 Å². The highest BCUT2D eigenvalue weighted by molar-refractivity contribution is 6.01. The number of rotatable bonds is 3. The Balaban J connectivity index is 2.28. The van der Waals surface area contributed by atoms with Gasteiger partial charge in [0.15, 0.2) is 5.78 Å². The van der Waals surface area contributed by atoms with Crippen molar-refractivity contribution in [3.63, 3.8) is 0 Å². The SMILES string of the molecule is CC(C)=CC(=O)C1C(c2ccoc2)=CCC1C. The third-order valence-electron chi connectivity index (χ3n) is 3.21. The number of carbonyl (C=O) groups is 1. The molecule has 2 rings (SSSR count). The van der Waals surface area contributed by atoms with Crippen LogP contribution in [0.15, 0.2) is 40.7 Å². The van der Waals surface area contributed by atoms with Crippen LogP contribution in [0.1, 0.15) is 32.8 Å². The van der Waals surface area contributed by atoms with Gasteiger partial charge in [-0.05, 0) is 43.9 Å². The third-order valence-corrected chi connectivity index (χ3v) is 3.21. The molecule has 0 spiro atoms. The molecule has 2 nitrogen and oxygen atoms in total. The van der Waals surface area contributed by atoms with E-state index in [2.05, 4.69) is 13.0 Å². The molecule has 0 saturated heterocycles. The molecule has 0 fully saturated rings. The first-order valence-electron chi connectivity index (χ1n) is 6.01. The number of ketones is 1. The van der Waals surface area contributed by atoms with Gasteiger partial charge in [0.1, 0.15) is 0 Å². The molecule has 1 aliphatic carbocycles. The van der Waals surface area contributed by atoms with Crippen molar-refractivity contribution in [2.45, 2.75) is 27.2 Å². The Kier molecular flexibility index (Phi) is 3.32. The van der Waals surface area contributed by atoms with Crippen molar-refractivity contribution in [3.05, 3.63) is 41.9 Å².